The highest BCUT2D eigenvalue weighted by Crippen LogP contribution is 2.23. The van der Waals surface area contributed by atoms with Crippen molar-refractivity contribution in [1.82, 2.24) is 26.6 Å². The number of nitrogens with one attached hydrogen (secondary N) is 4. The molecule has 0 aliphatic carbocycles. The van der Waals surface area contributed by atoms with E-state index in [0.717, 1.165) is 0 Å². The molecule has 0 atom stereocenters. The average Bonchev–Trinajstić information content (AvgIpc) is 3.23. The first-order valence-corrected chi connectivity index (χ1v) is 9.94. The molecule has 1 aromatic heterocycles. The fraction of sp³-hybridized carbons (Fsp3) is 0.353. The minimum Gasteiger partial charge on any atom is -0.363 e. The van der Waals surface area contributed by atoms with Gasteiger partial charge in [-0.05, 0) is 57.3 Å². The molecular formula is C17H21BrFN7O5. The van der Waals surface area contributed by atoms with Crippen molar-refractivity contribution in [3.63, 3.8) is 0 Å². The van der Waals surface area contributed by atoms with Crippen LogP contribution in [0.2, 0.25) is 0 Å². The molecule has 0 aliphatic heterocycles. The molecule has 2 amide bonds. The monoisotopic (exact) mass is 501 g/mol. The van der Waals surface area contributed by atoms with E-state index in [1.54, 1.807) is 0 Å². The summed E-state index contributed by atoms with van der Waals surface area (Å²) in [5, 5.41) is 30.8. The summed E-state index contributed by atoms with van der Waals surface area (Å²) in [5.74, 6) is -1.05. The van der Waals surface area contributed by atoms with Crippen LogP contribution in [0.5, 0.6) is 0 Å². The van der Waals surface area contributed by atoms with Crippen LogP contribution in [0, 0.1) is 5.82 Å². The van der Waals surface area contributed by atoms with E-state index in [1.165, 1.54) is 23.7 Å². The molecule has 0 radical (unpaired) electrons. The second kappa shape index (κ2) is 12.6. The van der Waals surface area contributed by atoms with Crippen molar-refractivity contribution in [2.45, 2.75) is 25.7 Å². The van der Waals surface area contributed by atoms with Crippen molar-refractivity contribution >= 4 is 45.1 Å². The molecule has 0 saturated heterocycles. The van der Waals surface area contributed by atoms with Crippen molar-refractivity contribution in [3.8, 4) is 0 Å². The number of amidine groups is 1. The Hall–Kier alpha value is -3.10. The lowest BCUT2D eigenvalue weighted by Gasteiger charge is -2.07. The second-order valence-electron chi connectivity index (χ2n) is 6.15. The highest BCUT2D eigenvalue weighted by molar-refractivity contribution is 9.10. The van der Waals surface area contributed by atoms with E-state index >= 15 is 0 Å². The van der Waals surface area contributed by atoms with E-state index in [9.17, 15) is 19.2 Å². The molecule has 0 unspecified atom stereocenters. The van der Waals surface area contributed by atoms with Crippen molar-refractivity contribution < 1.29 is 29.0 Å². The number of nitrogens with zero attached hydrogens (tertiary/aromatic N) is 3. The molecule has 2 aromatic rings. The molecule has 31 heavy (non-hydrogen) atoms. The van der Waals surface area contributed by atoms with Gasteiger partial charge >= 0.3 is 0 Å². The number of anilines is 1. The molecular weight excluding hydrogens is 481 g/mol. The van der Waals surface area contributed by atoms with Gasteiger partial charge in [-0.25, -0.2) is 19.5 Å². The van der Waals surface area contributed by atoms with E-state index in [1.807, 2.05) is 5.48 Å². The standard InChI is InChI=1S/C17H21BrFN7O5/c18-11-9-10(5-6-12(11)19)22-17(24-30)15-16(26-31-25-15)21-8-7-20-13(27)3-1-2-4-14(28)23-29/h5-6,9,29-30H,1-4,7-8H2,(H,20,27)(H,21,26)(H,22,24)(H,23,28). The summed E-state index contributed by atoms with van der Waals surface area (Å²) < 4.78 is 18.2. The van der Waals surface area contributed by atoms with Crippen LogP contribution in [-0.2, 0) is 9.59 Å². The van der Waals surface area contributed by atoms with Gasteiger partial charge in [0, 0.05) is 25.9 Å². The van der Waals surface area contributed by atoms with Crippen molar-refractivity contribution in [3.05, 3.63) is 34.2 Å². The Kier molecular flexibility index (Phi) is 9.80. The zero-order valence-electron chi connectivity index (χ0n) is 16.2. The Morgan fingerprint density at radius 3 is 2.52 bits per heavy atom. The highest BCUT2D eigenvalue weighted by Gasteiger charge is 2.16. The number of hydroxylamine groups is 2. The lowest BCUT2D eigenvalue weighted by atomic mass is 10.2. The van der Waals surface area contributed by atoms with E-state index in [4.69, 9.17) is 5.21 Å². The van der Waals surface area contributed by atoms with Gasteiger partial charge in [-0.2, -0.15) is 0 Å². The predicted octanol–water partition coefficient (Wildman–Crippen LogP) is 1.62. The number of aromatic nitrogens is 2. The largest absolute Gasteiger partial charge is 0.363 e. The van der Waals surface area contributed by atoms with Crippen molar-refractivity contribution in [2.24, 2.45) is 4.99 Å². The summed E-state index contributed by atoms with van der Waals surface area (Å²) in [5.41, 5.74) is 3.85. The van der Waals surface area contributed by atoms with Gasteiger partial charge in [-0.15, -0.1) is 0 Å². The summed E-state index contributed by atoms with van der Waals surface area (Å²) >= 11 is 3.06. The third-order valence-corrected chi connectivity index (χ3v) is 4.49. The summed E-state index contributed by atoms with van der Waals surface area (Å²) in [6.07, 6.45) is 1.37. The predicted molar refractivity (Wildman–Crippen MR) is 109 cm³/mol. The number of rotatable bonds is 11. The van der Waals surface area contributed by atoms with Crippen LogP contribution < -0.4 is 21.6 Å². The number of hydrogen-bond donors (Lipinski definition) is 6. The number of aliphatic imine (C=N–C) groups is 1. The van der Waals surface area contributed by atoms with Gasteiger partial charge in [0.2, 0.25) is 17.6 Å². The lowest BCUT2D eigenvalue weighted by molar-refractivity contribution is -0.129. The van der Waals surface area contributed by atoms with Crippen LogP contribution in [0.25, 0.3) is 0 Å². The number of halogens is 2. The highest BCUT2D eigenvalue weighted by atomic mass is 79.9. The fourth-order valence-corrected chi connectivity index (χ4v) is 2.74. The average molecular weight is 502 g/mol. The first-order valence-electron chi connectivity index (χ1n) is 9.15. The molecule has 2 rings (SSSR count). The zero-order valence-corrected chi connectivity index (χ0v) is 17.8. The molecule has 6 N–H and O–H groups in total. The molecule has 0 aliphatic rings. The smallest absolute Gasteiger partial charge is 0.243 e. The molecule has 0 bridgehead atoms. The number of carbonyl (C=O) groups is 2. The zero-order chi connectivity index (χ0) is 22.6. The summed E-state index contributed by atoms with van der Waals surface area (Å²) in [4.78, 5) is 26.8. The number of unbranched alkanes of at least 4 members (excludes halogenated alkanes) is 1. The van der Waals surface area contributed by atoms with Crippen molar-refractivity contribution in [2.75, 3.05) is 18.4 Å². The fourth-order valence-electron chi connectivity index (χ4n) is 2.37. The number of hydrogen-bond acceptors (Lipinski definition) is 9. The molecule has 1 aromatic carbocycles. The van der Waals surface area contributed by atoms with E-state index in [-0.39, 0.29) is 53.7 Å². The van der Waals surface area contributed by atoms with E-state index in [0.29, 0.717) is 18.5 Å². The maximum absolute atomic E-state index is 13.4. The van der Waals surface area contributed by atoms with Gasteiger partial charge in [0.1, 0.15) is 5.82 Å². The van der Waals surface area contributed by atoms with Crippen LogP contribution >= 0.6 is 15.9 Å². The van der Waals surface area contributed by atoms with E-state index < -0.39 is 11.7 Å². The van der Waals surface area contributed by atoms with Gasteiger partial charge < -0.3 is 10.6 Å². The number of benzene rings is 1. The number of amides is 2. The maximum atomic E-state index is 13.4. The second-order valence-corrected chi connectivity index (χ2v) is 7.01. The molecule has 12 nitrogen and oxygen atoms in total. The van der Waals surface area contributed by atoms with Crippen LogP contribution in [-0.4, -0.2) is 51.5 Å². The third-order valence-electron chi connectivity index (χ3n) is 3.88. The summed E-state index contributed by atoms with van der Waals surface area (Å²) in [6.45, 7) is 0.548. The minimum atomic E-state index is -0.492. The SMILES string of the molecule is O=C(CCCCC(=O)NCCNc1nonc1C(=Nc1ccc(F)c(Br)c1)NO)NO. The molecule has 0 saturated carbocycles. The Morgan fingerprint density at radius 1 is 1.10 bits per heavy atom. The Bertz CT molecular complexity index is 924. The van der Waals surface area contributed by atoms with Crippen molar-refractivity contribution in [1.29, 1.82) is 0 Å². The first kappa shape index (κ1) is 24.2. The quantitative estimate of drug-likeness (QED) is 0.0877. The molecule has 1 heterocycles. The molecule has 0 fully saturated rings. The third kappa shape index (κ3) is 7.92. The first-order chi connectivity index (χ1) is 14.9. The Labute approximate surface area is 184 Å². The number of carbonyl (C=O) groups excluding carboxylic acids is 2. The van der Waals surface area contributed by atoms with Gasteiger partial charge in [0.05, 0.1) is 10.2 Å². The van der Waals surface area contributed by atoms with Crippen LogP contribution in [0.1, 0.15) is 31.4 Å². The topological polar surface area (TPSA) is 174 Å². The summed E-state index contributed by atoms with van der Waals surface area (Å²) in [6, 6.07) is 4.03. The Morgan fingerprint density at radius 2 is 1.84 bits per heavy atom. The molecule has 0 spiro atoms. The minimum absolute atomic E-state index is 0.0800. The summed E-state index contributed by atoms with van der Waals surface area (Å²) in [7, 11) is 0. The Balaban J connectivity index is 1.83. The van der Waals surface area contributed by atoms with Crippen LogP contribution in [0.4, 0.5) is 15.9 Å². The van der Waals surface area contributed by atoms with Crippen LogP contribution in [0.15, 0.2) is 32.3 Å². The molecule has 168 valence electrons. The van der Waals surface area contributed by atoms with Gasteiger partial charge in [0.15, 0.2) is 11.5 Å². The molecule has 14 heteroatoms. The van der Waals surface area contributed by atoms with Gasteiger partial charge in [-0.1, -0.05) is 0 Å². The lowest BCUT2D eigenvalue weighted by Crippen LogP contribution is -2.29. The maximum Gasteiger partial charge on any atom is 0.243 e. The van der Waals surface area contributed by atoms with E-state index in [2.05, 4.69) is 46.5 Å². The van der Waals surface area contributed by atoms with Crippen LogP contribution in [0.3, 0.4) is 0 Å². The van der Waals surface area contributed by atoms with Gasteiger partial charge in [0.25, 0.3) is 0 Å². The normalized spacial score (nSPS) is 11.2. The van der Waals surface area contributed by atoms with Gasteiger partial charge in [-0.3, -0.25) is 25.5 Å².